The van der Waals surface area contributed by atoms with Gasteiger partial charge in [-0.05, 0) is 12.1 Å². The first kappa shape index (κ1) is 13.2. The summed E-state index contributed by atoms with van der Waals surface area (Å²) in [4.78, 5) is -0.705. The van der Waals surface area contributed by atoms with Crippen molar-refractivity contribution >= 4 is 29.6 Å². The van der Waals surface area contributed by atoms with E-state index in [4.69, 9.17) is 10.7 Å². The molecule has 0 saturated heterocycles. The van der Waals surface area contributed by atoms with Crippen molar-refractivity contribution in [3.8, 4) is 0 Å². The number of benzene rings is 1. The topological polar surface area (TPSA) is 68.3 Å². The molecule has 0 N–H and O–H groups in total. The van der Waals surface area contributed by atoms with E-state index < -0.39 is 23.8 Å². The van der Waals surface area contributed by atoms with Crippen molar-refractivity contribution in [2.45, 2.75) is 9.79 Å². The SMILES string of the molecule is C=CCS(=O)(=O)c1ccccc1S(=O)(=O)Cl. The molecule has 0 bridgehead atoms. The van der Waals surface area contributed by atoms with Crippen LogP contribution in [0.3, 0.4) is 0 Å². The molecule has 88 valence electrons. The first-order chi connectivity index (χ1) is 7.29. The molecule has 0 amide bonds. The molecule has 4 nitrogen and oxygen atoms in total. The number of sulfone groups is 1. The molecule has 0 fully saturated rings. The van der Waals surface area contributed by atoms with Crippen LogP contribution in [0.2, 0.25) is 0 Å². The lowest BCUT2D eigenvalue weighted by atomic mass is 10.4. The van der Waals surface area contributed by atoms with Gasteiger partial charge in [0.2, 0.25) is 0 Å². The Labute approximate surface area is 98.9 Å². The molecule has 0 saturated carbocycles. The summed E-state index contributed by atoms with van der Waals surface area (Å²) < 4.78 is 45.8. The Morgan fingerprint density at radius 2 is 1.62 bits per heavy atom. The third-order valence-corrected chi connectivity index (χ3v) is 4.99. The second kappa shape index (κ2) is 4.57. The minimum Gasteiger partial charge on any atom is -0.223 e. The molecule has 16 heavy (non-hydrogen) atoms. The van der Waals surface area contributed by atoms with Gasteiger partial charge in [-0.25, -0.2) is 16.8 Å². The van der Waals surface area contributed by atoms with Gasteiger partial charge in [0.05, 0.1) is 10.6 Å². The molecule has 0 spiro atoms. The summed E-state index contributed by atoms with van der Waals surface area (Å²) in [5.41, 5.74) is 0. The summed E-state index contributed by atoms with van der Waals surface area (Å²) in [6.07, 6.45) is 1.19. The Hall–Kier alpha value is -0.850. The van der Waals surface area contributed by atoms with E-state index in [1.165, 1.54) is 24.3 Å². The molecule has 7 heteroatoms. The average molecular weight is 281 g/mol. The highest BCUT2D eigenvalue weighted by molar-refractivity contribution is 8.14. The maximum atomic E-state index is 11.7. The third-order valence-electron chi connectivity index (χ3n) is 1.78. The predicted octanol–water partition coefficient (Wildman–Crippen LogP) is 1.57. The summed E-state index contributed by atoms with van der Waals surface area (Å²) in [6, 6.07) is 5.19. The van der Waals surface area contributed by atoms with Gasteiger partial charge in [0.25, 0.3) is 9.05 Å². The van der Waals surface area contributed by atoms with E-state index in [0.29, 0.717) is 0 Å². The van der Waals surface area contributed by atoms with E-state index in [2.05, 4.69) is 6.58 Å². The number of halogens is 1. The molecule has 1 rings (SSSR count). The van der Waals surface area contributed by atoms with Crippen LogP contribution in [-0.2, 0) is 18.9 Å². The van der Waals surface area contributed by atoms with Crippen LogP contribution in [0.15, 0.2) is 46.7 Å². The van der Waals surface area contributed by atoms with Crippen molar-refractivity contribution in [2.24, 2.45) is 0 Å². The Balaban J connectivity index is 3.53. The molecule has 0 unspecified atom stereocenters. The van der Waals surface area contributed by atoms with Crippen LogP contribution >= 0.6 is 10.7 Å². The number of hydrogen-bond donors (Lipinski definition) is 0. The van der Waals surface area contributed by atoms with Crippen molar-refractivity contribution in [1.29, 1.82) is 0 Å². The molecule has 0 aliphatic heterocycles. The minimum absolute atomic E-state index is 0.301. The highest BCUT2D eigenvalue weighted by Gasteiger charge is 2.23. The molecule has 1 aromatic rings. The summed E-state index contributed by atoms with van der Waals surface area (Å²) in [7, 11) is -2.63. The van der Waals surface area contributed by atoms with Gasteiger partial charge in [-0.3, -0.25) is 0 Å². The number of hydrogen-bond acceptors (Lipinski definition) is 4. The minimum atomic E-state index is -4.08. The average Bonchev–Trinajstić information content (AvgIpc) is 2.16. The van der Waals surface area contributed by atoms with Crippen LogP contribution in [0.1, 0.15) is 0 Å². The van der Waals surface area contributed by atoms with E-state index in [0.717, 1.165) is 6.07 Å². The van der Waals surface area contributed by atoms with E-state index in [-0.39, 0.29) is 10.6 Å². The van der Waals surface area contributed by atoms with Crippen molar-refractivity contribution in [1.82, 2.24) is 0 Å². The highest BCUT2D eigenvalue weighted by Crippen LogP contribution is 2.24. The summed E-state index contributed by atoms with van der Waals surface area (Å²) in [5, 5.41) is 0. The zero-order valence-corrected chi connectivity index (χ0v) is 10.5. The van der Waals surface area contributed by atoms with Crippen molar-refractivity contribution in [3.05, 3.63) is 36.9 Å². The van der Waals surface area contributed by atoms with E-state index in [1.54, 1.807) is 0 Å². The smallest absolute Gasteiger partial charge is 0.223 e. The standard InChI is InChI=1S/C9H9ClO4S2/c1-2-7-15(11,12)8-5-3-4-6-9(8)16(10,13)14/h2-6H,1,7H2. The fourth-order valence-electron chi connectivity index (χ4n) is 1.15. The Morgan fingerprint density at radius 1 is 1.12 bits per heavy atom. The van der Waals surface area contributed by atoms with Crippen LogP contribution in [-0.4, -0.2) is 22.6 Å². The monoisotopic (exact) mass is 280 g/mol. The van der Waals surface area contributed by atoms with Crippen molar-refractivity contribution in [3.63, 3.8) is 0 Å². The molecule has 0 radical (unpaired) electrons. The first-order valence-electron chi connectivity index (χ1n) is 4.16. The molecular weight excluding hydrogens is 272 g/mol. The largest absolute Gasteiger partial charge is 0.262 e. The van der Waals surface area contributed by atoms with Crippen LogP contribution in [0.25, 0.3) is 0 Å². The fourth-order valence-corrected chi connectivity index (χ4v) is 4.10. The first-order valence-corrected chi connectivity index (χ1v) is 8.12. The number of rotatable bonds is 4. The van der Waals surface area contributed by atoms with Crippen molar-refractivity contribution < 1.29 is 16.8 Å². The van der Waals surface area contributed by atoms with Crippen LogP contribution < -0.4 is 0 Å². The molecular formula is C9H9ClO4S2. The second-order valence-electron chi connectivity index (χ2n) is 2.95. The molecule has 0 atom stereocenters. The van der Waals surface area contributed by atoms with Crippen molar-refractivity contribution in [2.75, 3.05) is 5.75 Å². The second-order valence-corrected chi connectivity index (χ2v) is 7.49. The van der Waals surface area contributed by atoms with Gasteiger partial charge in [-0.2, -0.15) is 0 Å². The molecule has 0 heterocycles. The van der Waals surface area contributed by atoms with Crippen LogP contribution in [0, 0.1) is 0 Å². The van der Waals surface area contributed by atoms with Gasteiger partial charge < -0.3 is 0 Å². The molecule has 0 aromatic heterocycles. The van der Waals surface area contributed by atoms with E-state index in [1.807, 2.05) is 0 Å². The quantitative estimate of drug-likeness (QED) is 0.620. The van der Waals surface area contributed by atoms with Crippen LogP contribution in [0.4, 0.5) is 0 Å². The normalized spacial score (nSPS) is 12.3. The Bertz CT molecular complexity index is 602. The lowest BCUT2D eigenvalue weighted by Crippen LogP contribution is -2.09. The predicted molar refractivity (Wildman–Crippen MR) is 61.7 cm³/mol. The molecule has 0 aliphatic rings. The van der Waals surface area contributed by atoms with Gasteiger partial charge in [0.1, 0.15) is 4.90 Å². The Kier molecular flexibility index (Phi) is 3.77. The van der Waals surface area contributed by atoms with E-state index in [9.17, 15) is 16.8 Å². The fraction of sp³-hybridized carbons (Fsp3) is 0.111. The maximum absolute atomic E-state index is 11.7. The van der Waals surface area contributed by atoms with Gasteiger partial charge in [0, 0.05) is 10.7 Å². The van der Waals surface area contributed by atoms with E-state index >= 15 is 0 Å². The van der Waals surface area contributed by atoms with Gasteiger partial charge >= 0.3 is 0 Å². The lowest BCUT2D eigenvalue weighted by Gasteiger charge is -2.05. The van der Waals surface area contributed by atoms with Gasteiger partial charge in [-0.1, -0.05) is 18.2 Å². The van der Waals surface area contributed by atoms with Gasteiger partial charge in [-0.15, -0.1) is 6.58 Å². The van der Waals surface area contributed by atoms with Crippen LogP contribution in [0.5, 0.6) is 0 Å². The zero-order chi connectivity index (χ0) is 12.4. The molecule has 1 aromatic carbocycles. The summed E-state index contributed by atoms with van der Waals surface area (Å²) in [6.45, 7) is 3.30. The highest BCUT2D eigenvalue weighted by atomic mass is 35.7. The lowest BCUT2D eigenvalue weighted by molar-refractivity contribution is 0.590. The molecule has 0 aliphatic carbocycles. The van der Waals surface area contributed by atoms with Gasteiger partial charge in [0.15, 0.2) is 9.84 Å². The third kappa shape index (κ3) is 2.84. The summed E-state index contributed by atoms with van der Waals surface area (Å²) >= 11 is 0. The Morgan fingerprint density at radius 3 is 2.06 bits per heavy atom. The maximum Gasteiger partial charge on any atom is 0.262 e. The summed E-state index contributed by atoms with van der Waals surface area (Å²) in [5.74, 6) is -0.337. The zero-order valence-electron chi connectivity index (χ0n) is 8.13.